The lowest BCUT2D eigenvalue weighted by Crippen LogP contribution is -2.35. The molecule has 3 aromatic rings. The quantitative estimate of drug-likeness (QED) is 0.513. The zero-order chi connectivity index (χ0) is 21.8. The van der Waals surface area contributed by atoms with Gasteiger partial charge in [-0.2, -0.15) is 4.31 Å². The largest absolute Gasteiger partial charge is 0.323 e. The average molecular weight is 497 g/mol. The molecule has 0 radical (unpaired) electrons. The lowest BCUT2D eigenvalue weighted by atomic mass is 10.0. The number of carbonyl (C=O) groups excluding carboxylic acids is 1. The molecule has 0 fully saturated rings. The maximum absolute atomic E-state index is 13.0. The van der Waals surface area contributed by atoms with Gasteiger partial charge >= 0.3 is 0 Å². The van der Waals surface area contributed by atoms with Gasteiger partial charge in [0, 0.05) is 29.3 Å². The number of halogens is 1. The maximum atomic E-state index is 13.0. The second kappa shape index (κ2) is 9.18. The number of anilines is 1. The Morgan fingerprint density at radius 1 is 0.935 bits per heavy atom. The summed E-state index contributed by atoms with van der Waals surface area (Å²) < 4.78 is 28.5. The molecule has 0 aliphatic carbocycles. The van der Waals surface area contributed by atoms with Crippen LogP contribution in [0.5, 0.6) is 0 Å². The van der Waals surface area contributed by atoms with E-state index in [4.69, 9.17) is 0 Å². The van der Waals surface area contributed by atoms with E-state index >= 15 is 0 Å². The molecule has 0 unspecified atom stereocenters. The van der Waals surface area contributed by atoms with E-state index in [2.05, 4.69) is 21.2 Å². The van der Waals surface area contributed by atoms with Gasteiger partial charge in [0.2, 0.25) is 15.9 Å². The summed E-state index contributed by atoms with van der Waals surface area (Å²) in [5.74, 6) is -0.286. The maximum Gasteiger partial charge on any atom is 0.248 e. The van der Waals surface area contributed by atoms with E-state index in [1.165, 1.54) is 28.1 Å². The number of nitrogens with zero attached hydrogens (tertiary/aromatic N) is 1. The average Bonchev–Trinajstić information content (AvgIpc) is 2.79. The summed E-state index contributed by atoms with van der Waals surface area (Å²) in [5.41, 5.74) is 3.68. The van der Waals surface area contributed by atoms with Crippen molar-refractivity contribution in [3.05, 3.63) is 100 Å². The van der Waals surface area contributed by atoms with Crippen LogP contribution in [0.2, 0.25) is 0 Å². The first kappa shape index (κ1) is 21.5. The second-order valence-electron chi connectivity index (χ2n) is 7.26. The molecular formula is C24H21BrN2O3S. The number of sulfonamides is 1. The number of benzene rings is 3. The number of rotatable bonds is 5. The molecular weight excluding hydrogens is 476 g/mol. The molecule has 0 saturated carbocycles. The first-order valence-corrected chi connectivity index (χ1v) is 12.1. The third-order valence-electron chi connectivity index (χ3n) is 5.15. The topological polar surface area (TPSA) is 66.5 Å². The third-order valence-corrected chi connectivity index (χ3v) is 7.54. The number of nitrogens with one attached hydrogen (secondary N) is 1. The minimum absolute atomic E-state index is 0.218. The Morgan fingerprint density at radius 3 is 2.32 bits per heavy atom. The summed E-state index contributed by atoms with van der Waals surface area (Å²) in [7, 11) is -3.60. The predicted molar refractivity (Wildman–Crippen MR) is 126 cm³/mol. The number of fused-ring (bicyclic) bond motifs is 1. The van der Waals surface area contributed by atoms with Gasteiger partial charge in [0.1, 0.15) is 0 Å². The fourth-order valence-corrected chi connectivity index (χ4v) is 5.15. The van der Waals surface area contributed by atoms with Crippen LogP contribution in [0.4, 0.5) is 5.69 Å². The van der Waals surface area contributed by atoms with E-state index in [1.807, 2.05) is 48.5 Å². The molecule has 0 bridgehead atoms. The van der Waals surface area contributed by atoms with E-state index < -0.39 is 10.0 Å². The highest BCUT2D eigenvalue weighted by atomic mass is 79.9. The van der Waals surface area contributed by atoms with Crippen LogP contribution < -0.4 is 5.32 Å². The highest BCUT2D eigenvalue weighted by Gasteiger charge is 2.28. The van der Waals surface area contributed by atoms with E-state index in [-0.39, 0.29) is 10.8 Å². The van der Waals surface area contributed by atoms with Crippen LogP contribution in [-0.4, -0.2) is 25.2 Å². The molecule has 31 heavy (non-hydrogen) atoms. The molecule has 7 heteroatoms. The van der Waals surface area contributed by atoms with E-state index in [0.29, 0.717) is 25.2 Å². The van der Waals surface area contributed by atoms with Crippen molar-refractivity contribution in [2.45, 2.75) is 17.9 Å². The second-order valence-corrected chi connectivity index (χ2v) is 10.1. The summed E-state index contributed by atoms with van der Waals surface area (Å²) >= 11 is 3.37. The zero-order valence-electron chi connectivity index (χ0n) is 16.7. The molecule has 1 heterocycles. The molecule has 1 aliphatic heterocycles. The van der Waals surface area contributed by atoms with Crippen LogP contribution in [0, 0.1) is 0 Å². The first-order chi connectivity index (χ1) is 14.9. The number of carbonyl (C=O) groups is 1. The highest BCUT2D eigenvalue weighted by molar-refractivity contribution is 9.10. The minimum atomic E-state index is -3.60. The van der Waals surface area contributed by atoms with Crippen molar-refractivity contribution >= 4 is 43.6 Å². The van der Waals surface area contributed by atoms with Crippen molar-refractivity contribution in [2.75, 3.05) is 11.9 Å². The standard InChI is InChI=1S/C24H21BrN2O3S/c25-21-8-5-18(6-9-21)7-14-24(28)26-22-10-12-23(13-11-22)31(29,30)27-16-15-19-3-1-2-4-20(19)17-27/h1-14H,15-17H2,(H,26,28). The SMILES string of the molecule is O=C(C=Cc1ccc(Br)cc1)Nc1ccc(S(=O)(=O)N2CCc3ccccc3C2)cc1. The summed E-state index contributed by atoms with van der Waals surface area (Å²) in [6.45, 7) is 0.830. The van der Waals surface area contributed by atoms with Crippen LogP contribution in [-0.2, 0) is 27.8 Å². The molecule has 0 aromatic heterocycles. The zero-order valence-corrected chi connectivity index (χ0v) is 19.1. The van der Waals surface area contributed by atoms with Gasteiger partial charge in [0.05, 0.1) is 4.90 Å². The van der Waals surface area contributed by atoms with Crippen LogP contribution >= 0.6 is 15.9 Å². The smallest absolute Gasteiger partial charge is 0.248 e. The van der Waals surface area contributed by atoms with Crippen molar-refractivity contribution in [1.82, 2.24) is 4.31 Å². The molecule has 5 nitrogen and oxygen atoms in total. The highest BCUT2D eigenvalue weighted by Crippen LogP contribution is 2.25. The monoisotopic (exact) mass is 496 g/mol. The Balaban J connectivity index is 1.41. The molecule has 1 N–H and O–H groups in total. The van der Waals surface area contributed by atoms with Gasteiger partial charge in [0.25, 0.3) is 0 Å². The molecule has 1 aliphatic rings. The first-order valence-electron chi connectivity index (χ1n) is 9.83. The molecule has 1 amide bonds. The summed E-state index contributed by atoms with van der Waals surface area (Å²) in [5, 5.41) is 2.75. The predicted octanol–water partition coefficient (Wildman–Crippen LogP) is 4.85. The lowest BCUT2D eigenvalue weighted by Gasteiger charge is -2.28. The van der Waals surface area contributed by atoms with Gasteiger partial charge in [-0.05, 0) is 65.6 Å². The molecule has 0 saturated heterocycles. The Morgan fingerprint density at radius 2 is 1.61 bits per heavy atom. The van der Waals surface area contributed by atoms with Crippen LogP contribution in [0.3, 0.4) is 0 Å². The number of hydrogen-bond donors (Lipinski definition) is 1. The van der Waals surface area contributed by atoms with Gasteiger partial charge in [-0.25, -0.2) is 8.42 Å². The lowest BCUT2D eigenvalue weighted by molar-refractivity contribution is -0.111. The Hall–Kier alpha value is -2.74. The van der Waals surface area contributed by atoms with Crippen molar-refractivity contribution in [1.29, 1.82) is 0 Å². The van der Waals surface area contributed by atoms with Crippen LogP contribution in [0.1, 0.15) is 16.7 Å². The summed E-state index contributed by atoms with van der Waals surface area (Å²) in [4.78, 5) is 12.4. The molecule has 0 spiro atoms. The molecule has 3 aromatic carbocycles. The van der Waals surface area contributed by atoms with Gasteiger partial charge in [-0.15, -0.1) is 0 Å². The van der Waals surface area contributed by atoms with E-state index in [1.54, 1.807) is 18.2 Å². The van der Waals surface area contributed by atoms with Crippen LogP contribution in [0.25, 0.3) is 6.08 Å². The van der Waals surface area contributed by atoms with E-state index in [9.17, 15) is 13.2 Å². The van der Waals surface area contributed by atoms with Gasteiger partial charge in [-0.3, -0.25) is 4.79 Å². The number of hydrogen-bond acceptors (Lipinski definition) is 3. The minimum Gasteiger partial charge on any atom is -0.323 e. The van der Waals surface area contributed by atoms with Gasteiger partial charge < -0.3 is 5.32 Å². The van der Waals surface area contributed by atoms with Crippen molar-refractivity contribution < 1.29 is 13.2 Å². The summed E-state index contributed by atoms with van der Waals surface area (Å²) in [6, 6.07) is 21.8. The van der Waals surface area contributed by atoms with Crippen molar-refractivity contribution in [2.24, 2.45) is 0 Å². The molecule has 4 rings (SSSR count). The number of amides is 1. The fraction of sp³-hybridized carbons (Fsp3) is 0.125. The van der Waals surface area contributed by atoms with Gasteiger partial charge in [-0.1, -0.05) is 52.3 Å². The Labute approximate surface area is 190 Å². The Bertz CT molecular complexity index is 1220. The van der Waals surface area contributed by atoms with Crippen molar-refractivity contribution in [3.63, 3.8) is 0 Å². The third kappa shape index (κ3) is 5.12. The fourth-order valence-electron chi connectivity index (χ4n) is 3.46. The van der Waals surface area contributed by atoms with Crippen LogP contribution in [0.15, 0.2) is 88.2 Å². The van der Waals surface area contributed by atoms with Crippen molar-refractivity contribution in [3.8, 4) is 0 Å². The molecule has 0 atom stereocenters. The Kier molecular flexibility index (Phi) is 6.36. The van der Waals surface area contributed by atoms with E-state index in [0.717, 1.165) is 15.6 Å². The van der Waals surface area contributed by atoms with Gasteiger partial charge in [0.15, 0.2) is 0 Å². The molecule has 158 valence electrons. The summed E-state index contributed by atoms with van der Waals surface area (Å²) in [6.07, 6.45) is 3.86. The normalized spacial score (nSPS) is 14.4.